The van der Waals surface area contributed by atoms with E-state index in [1.165, 1.54) is 12.8 Å². The van der Waals surface area contributed by atoms with E-state index in [4.69, 9.17) is 9.51 Å². The van der Waals surface area contributed by atoms with E-state index in [1.807, 2.05) is 31.7 Å². The largest absolute Gasteiger partial charge is 0.364 e. The van der Waals surface area contributed by atoms with E-state index in [-0.39, 0.29) is 0 Å². The molecule has 0 saturated carbocycles. The van der Waals surface area contributed by atoms with Gasteiger partial charge in [-0.3, -0.25) is 9.58 Å². The van der Waals surface area contributed by atoms with Crippen molar-refractivity contribution in [2.75, 3.05) is 23.3 Å². The lowest BCUT2D eigenvalue weighted by Crippen LogP contribution is -2.53. The SMILES string of the molecule is Cn1cc(Nc2nccc(N3CC4CC[C@H](C3)N4Cc3cnoc3)n2)cn1. The minimum Gasteiger partial charge on any atom is -0.364 e. The number of hydrogen-bond acceptors (Lipinski definition) is 8. The van der Waals surface area contributed by atoms with Gasteiger partial charge in [-0.05, 0) is 18.9 Å². The first-order valence-corrected chi connectivity index (χ1v) is 9.22. The predicted octanol–water partition coefficient (Wildman–Crippen LogP) is 1.79. The second-order valence-corrected chi connectivity index (χ2v) is 7.26. The van der Waals surface area contributed by atoms with Gasteiger partial charge in [0.1, 0.15) is 12.1 Å². The van der Waals surface area contributed by atoms with E-state index in [0.717, 1.165) is 36.7 Å². The van der Waals surface area contributed by atoms with Crippen LogP contribution in [-0.2, 0) is 13.6 Å². The van der Waals surface area contributed by atoms with E-state index in [1.54, 1.807) is 17.1 Å². The summed E-state index contributed by atoms with van der Waals surface area (Å²) in [5.74, 6) is 1.57. The number of anilines is 3. The van der Waals surface area contributed by atoms with Crippen molar-refractivity contribution >= 4 is 17.5 Å². The Morgan fingerprint density at radius 2 is 2.07 bits per heavy atom. The molecule has 0 aromatic carbocycles. The van der Waals surface area contributed by atoms with Gasteiger partial charge in [0.2, 0.25) is 5.95 Å². The number of nitrogens with one attached hydrogen (secondary N) is 1. The van der Waals surface area contributed by atoms with Gasteiger partial charge < -0.3 is 14.7 Å². The van der Waals surface area contributed by atoms with Gasteiger partial charge in [-0.1, -0.05) is 5.16 Å². The topological polar surface area (TPSA) is 88.1 Å². The molecule has 140 valence electrons. The summed E-state index contributed by atoms with van der Waals surface area (Å²) in [6.45, 7) is 2.86. The van der Waals surface area contributed by atoms with Crippen LogP contribution < -0.4 is 10.2 Å². The van der Waals surface area contributed by atoms with Crippen LogP contribution in [0.3, 0.4) is 0 Å². The fraction of sp³-hybridized carbons (Fsp3) is 0.444. The van der Waals surface area contributed by atoms with Gasteiger partial charge in [-0.15, -0.1) is 0 Å². The summed E-state index contributed by atoms with van der Waals surface area (Å²) < 4.78 is 6.73. The van der Waals surface area contributed by atoms with E-state index >= 15 is 0 Å². The quantitative estimate of drug-likeness (QED) is 0.731. The zero-order valence-corrected chi connectivity index (χ0v) is 15.2. The molecule has 0 aliphatic carbocycles. The molecule has 5 rings (SSSR count). The van der Waals surface area contributed by atoms with Crippen molar-refractivity contribution in [2.45, 2.75) is 31.5 Å². The number of rotatable bonds is 5. The van der Waals surface area contributed by atoms with Crippen LogP contribution in [0.1, 0.15) is 18.4 Å². The van der Waals surface area contributed by atoms with Crippen LogP contribution in [-0.4, -0.2) is 55.0 Å². The maximum atomic E-state index is 4.98. The van der Waals surface area contributed by atoms with Gasteiger partial charge in [0.15, 0.2) is 0 Å². The van der Waals surface area contributed by atoms with Crippen LogP contribution in [0, 0.1) is 0 Å². The molecule has 1 N–H and O–H groups in total. The van der Waals surface area contributed by atoms with Crippen LogP contribution >= 0.6 is 0 Å². The van der Waals surface area contributed by atoms with Gasteiger partial charge in [0, 0.05) is 56.7 Å². The third-order valence-electron chi connectivity index (χ3n) is 5.41. The fourth-order valence-electron chi connectivity index (χ4n) is 4.15. The summed E-state index contributed by atoms with van der Waals surface area (Å²) in [5.41, 5.74) is 2.03. The molecule has 0 amide bonds. The number of nitrogens with zero attached hydrogens (tertiary/aromatic N) is 7. The summed E-state index contributed by atoms with van der Waals surface area (Å²) in [6, 6.07) is 3.05. The Balaban J connectivity index is 1.29. The van der Waals surface area contributed by atoms with Crippen molar-refractivity contribution in [2.24, 2.45) is 7.05 Å². The van der Waals surface area contributed by atoms with Crippen LogP contribution in [0.5, 0.6) is 0 Å². The van der Waals surface area contributed by atoms with Gasteiger partial charge in [-0.25, -0.2) is 4.98 Å². The molecule has 9 heteroatoms. The molecule has 9 nitrogen and oxygen atoms in total. The summed E-state index contributed by atoms with van der Waals surface area (Å²) in [7, 11) is 1.89. The Hall–Kier alpha value is -2.94. The maximum Gasteiger partial charge on any atom is 0.229 e. The van der Waals surface area contributed by atoms with Crippen molar-refractivity contribution in [3.05, 3.63) is 42.7 Å². The van der Waals surface area contributed by atoms with Gasteiger partial charge >= 0.3 is 0 Å². The number of piperazine rings is 1. The molecule has 3 aromatic rings. The second kappa shape index (κ2) is 6.66. The third kappa shape index (κ3) is 3.25. The molecule has 2 saturated heterocycles. The lowest BCUT2D eigenvalue weighted by Gasteiger charge is -2.41. The van der Waals surface area contributed by atoms with Crippen molar-refractivity contribution in [1.82, 2.24) is 29.8 Å². The summed E-state index contributed by atoms with van der Waals surface area (Å²) in [6.07, 6.45) is 11.5. The van der Waals surface area contributed by atoms with Gasteiger partial charge in [0.05, 0.1) is 18.1 Å². The van der Waals surface area contributed by atoms with Gasteiger partial charge in [0.25, 0.3) is 0 Å². The van der Waals surface area contributed by atoms with E-state index in [9.17, 15) is 0 Å². The molecule has 27 heavy (non-hydrogen) atoms. The van der Waals surface area contributed by atoms with E-state index < -0.39 is 0 Å². The van der Waals surface area contributed by atoms with Crippen molar-refractivity contribution in [3.63, 3.8) is 0 Å². The number of hydrogen-bond donors (Lipinski definition) is 1. The average Bonchev–Trinajstić information content (AvgIpc) is 3.37. The summed E-state index contributed by atoms with van der Waals surface area (Å²) >= 11 is 0. The fourth-order valence-corrected chi connectivity index (χ4v) is 4.15. The summed E-state index contributed by atoms with van der Waals surface area (Å²) in [5, 5.41) is 11.2. The molecule has 1 unspecified atom stereocenters. The molecule has 2 fully saturated rings. The molecular formula is C18H22N8O. The first kappa shape index (κ1) is 16.2. The standard InChI is InChI=1S/C18H22N8O/c1-24-9-14(7-20-24)22-18-19-5-4-17(23-18)25-10-15-2-3-16(11-25)26(15)8-13-6-21-27-12-13/h4-7,9,12,15-16H,2-3,8,10-11H2,1H3,(H,19,22,23)/t15-,16?/m1/s1. The zero-order valence-electron chi connectivity index (χ0n) is 15.2. The van der Waals surface area contributed by atoms with Crippen molar-refractivity contribution in [1.29, 1.82) is 0 Å². The highest BCUT2D eigenvalue weighted by atomic mass is 16.5. The summed E-state index contributed by atoms with van der Waals surface area (Å²) in [4.78, 5) is 14.0. The van der Waals surface area contributed by atoms with Crippen molar-refractivity contribution in [3.8, 4) is 0 Å². The van der Waals surface area contributed by atoms with E-state index in [2.05, 4.69) is 30.4 Å². The normalized spacial score (nSPS) is 22.3. The number of aryl methyl sites for hydroxylation is 1. The highest BCUT2D eigenvalue weighted by molar-refractivity contribution is 5.53. The molecule has 0 radical (unpaired) electrons. The Labute approximate surface area is 157 Å². The van der Waals surface area contributed by atoms with Crippen LogP contribution in [0.2, 0.25) is 0 Å². The van der Waals surface area contributed by atoms with E-state index in [0.29, 0.717) is 18.0 Å². The highest BCUT2D eigenvalue weighted by Crippen LogP contribution is 2.33. The lowest BCUT2D eigenvalue weighted by atomic mass is 10.1. The van der Waals surface area contributed by atoms with Crippen LogP contribution in [0.15, 0.2) is 41.6 Å². The molecule has 5 heterocycles. The van der Waals surface area contributed by atoms with Crippen molar-refractivity contribution < 1.29 is 4.52 Å². The second-order valence-electron chi connectivity index (χ2n) is 7.26. The highest BCUT2D eigenvalue weighted by Gasteiger charge is 2.40. The minimum atomic E-state index is 0.531. The molecular weight excluding hydrogens is 344 g/mol. The molecule has 3 aromatic heterocycles. The first-order chi connectivity index (χ1) is 13.2. The Morgan fingerprint density at radius 1 is 1.22 bits per heavy atom. The molecule has 2 atom stereocenters. The molecule has 2 aliphatic heterocycles. The van der Waals surface area contributed by atoms with Gasteiger partial charge in [-0.2, -0.15) is 10.1 Å². The number of aromatic nitrogens is 5. The molecule has 2 bridgehead atoms. The number of fused-ring (bicyclic) bond motifs is 2. The smallest absolute Gasteiger partial charge is 0.229 e. The minimum absolute atomic E-state index is 0.531. The lowest BCUT2D eigenvalue weighted by molar-refractivity contribution is 0.160. The predicted molar refractivity (Wildman–Crippen MR) is 99.6 cm³/mol. The first-order valence-electron chi connectivity index (χ1n) is 9.22. The maximum absolute atomic E-state index is 4.98. The molecule has 2 aliphatic rings. The molecule has 0 spiro atoms. The van der Waals surface area contributed by atoms with Crippen LogP contribution in [0.25, 0.3) is 0 Å². The Kier molecular flexibility index (Phi) is 4.01. The Morgan fingerprint density at radius 3 is 2.78 bits per heavy atom. The zero-order chi connectivity index (χ0) is 18.2. The monoisotopic (exact) mass is 366 g/mol. The third-order valence-corrected chi connectivity index (χ3v) is 5.41. The van der Waals surface area contributed by atoms with Crippen LogP contribution in [0.4, 0.5) is 17.5 Å². The average molecular weight is 366 g/mol. The Bertz CT molecular complexity index is 894.